The van der Waals surface area contributed by atoms with Crippen molar-refractivity contribution in [2.24, 2.45) is 11.7 Å². The standard InChI is InChI=1S/C19H23N3O4S2/c1-11-4-9-15-14(10-11)16(17(20)23)19(27-15)21-18(24)12-5-7-13(8-6-12)28(25,26)22(2)3/h5-8,11H,4,9-10H2,1-3H3,(H2,20,23)(H,21,24)/t11-/m1/s1. The lowest BCUT2D eigenvalue weighted by atomic mass is 9.87. The fraction of sp³-hybridized carbons (Fsp3) is 0.368. The van der Waals surface area contributed by atoms with Gasteiger partial charge in [-0.3, -0.25) is 9.59 Å². The molecule has 1 atom stereocenters. The maximum atomic E-state index is 12.6. The summed E-state index contributed by atoms with van der Waals surface area (Å²) in [5, 5.41) is 3.24. The molecule has 3 N–H and O–H groups in total. The number of carbonyl (C=O) groups excluding carboxylic acids is 2. The third-order valence-corrected chi connectivity index (χ3v) is 7.91. The Morgan fingerprint density at radius 1 is 1.21 bits per heavy atom. The Labute approximate surface area is 168 Å². The lowest BCUT2D eigenvalue weighted by Crippen LogP contribution is -2.22. The number of fused-ring (bicyclic) bond motifs is 1. The normalized spacial score (nSPS) is 16.6. The predicted octanol–water partition coefficient (Wildman–Crippen LogP) is 2.47. The average molecular weight is 422 g/mol. The monoisotopic (exact) mass is 421 g/mol. The van der Waals surface area contributed by atoms with E-state index in [9.17, 15) is 18.0 Å². The second-order valence-electron chi connectivity index (χ2n) is 7.19. The number of hydrogen-bond acceptors (Lipinski definition) is 5. The molecule has 9 heteroatoms. The minimum Gasteiger partial charge on any atom is -0.365 e. The Morgan fingerprint density at radius 2 is 1.86 bits per heavy atom. The van der Waals surface area contributed by atoms with E-state index in [1.807, 2.05) is 0 Å². The topological polar surface area (TPSA) is 110 Å². The van der Waals surface area contributed by atoms with Gasteiger partial charge in [0.1, 0.15) is 5.00 Å². The van der Waals surface area contributed by atoms with Crippen LogP contribution in [0.15, 0.2) is 29.2 Å². The molecule has 2 amide bonds. The fourth-order valence-electron chi connectivity index (χ4n) is 3.27. The van der Waals surface area contributed by atoms with Gasteiger partial charge < -0.3 is 11.1 Å². The van der Waals surface area contributed by atoms with Crippen molar-refractivity contribution in [3.8, 4) is 0 Å². The first-order valence-corrected chi connectivity index (χ1v) is 11.1. The fourth-order valence-corrected chi connectivity index (χ4v) is 5.42. The van der Waals surface area contributed by atoms with Gasteiger partial charge in [-0.2, -0.15) is 0 Å². The number of thiophene rings is 1. The number of rotatable bonds is 5. The molecule has 1 aliphatic carbocycles. The van der Waals surface area contributed by atoms with Crippen molar-refractivity contribution in [1.29, 1.82) is 0 Å². The van der Waals surface area contributed by atoms with Crippen molar-refractivity contribution in [1.82, 2.24) is 4.31 Å². The Bertz CT molecular complexity index is 1020. The molecule has 0 aliphatic heterocycles. The average Bonchev–Trinajstić information content (AvgIpc) is 2.98. The minimum atomic E-state index is -3.56. The van der Waals surface area contributed by atoms with E-state index >= 15 is 0 Å². The minimum absolute atomic E-state index is 0.104. The molecule has 7 nitrogen and oxygen atoms in total. The largest absolute Gasteiger partial charge is 0.365 e. The van der Waals surface area contributed by atoms with E-state index in [-0.39, 0.29) is 4.90 Å². The Balaban J connectivity index is 1.87. The number of hydrogen-bond donors (Lipinski definition) is 2. The summed E-state index contributed by atoms with van der Waals surface area (Å²) >= 11 is 1.39. The van der Waals surface area contributed by atoms with Gasteiger partial charge in [-0.05, 0) is 55.0 Å². The van der Waals surface area contributed by atoms with Crippen LogP contribution in [0.3, 0.4) is 0 Å². The lowest BCUT2D eigenvalue weighted by molar-refractivity contribution is 0.1000. The van der Waals surface area contributed by atoms with Crippen LogP contribution in [0.1, 0.15) is 44.5 Å². The van der Waals surface area contributed by atoms with Crippen molar-refractivity contribution in [3.63, 3.8) is 0 Å². The maximum absolute atomic E-state index is 12.6. The molecule has 0 bridgehead atoms. The van der Waals surface area contributed by atoms with Gasteiger partial charge in [0.25, 0.3) is 11.8 Å². The molecular formula is C19H23N3O4S2. The van der Waals surface area contributed by atoms with Crippen LogP contribution < -0.4 is 11.1 Å². The zero-order chi connectivity index (χ0) is 20.6. The highest BCUT2D eigenvalue weighted by Gasteiger charge is 2.27. The molecule has 28 heavy (non-hydrogen) atoms. The molecule has 1 aromatic carbocycles. The third kappa shape index (κ3) is 3.82. The molecule has 0 saturated carbocycles. The third-order valence-electron chi connectivity index (χ3n) is 4.88. The number of nitrogens with two attached hydrogens (primary N) is 1. The van der Waals surface area contributed by atoms with Gasteiger partial charge in [-0.25, -0.2) is 12.7 Å². The number of primary amides is 1. The van der Waals surface area contributed by atoms with Crippen molar-refractivity contribution >= 4 is 38.2 Å². The van der Waals surface area contributed by atoms with Gasteiger partial charge >= 0.3 is 0 Å². The quantitative estimate of drug-likeness (QED) is 0.773. The second-order valence-corrected chi connectivity index (χ2v) is 10.4. The maximum Gasteiger partial charge on any atom is 0.256 e. The smallest absolute Gasteiger partial charge is 0.256 e. The Kier molecular flexibility index (Phi) is 5.60. The first-order valence-electron chi connectivity index (χ1n) is 8.89. The zero-order valence-electron chi connectivity index (χ0n) is 16.0. The van der Waals surface area contributed by atoms with E-state index in [1.54, 1.807) is 0 Å². The van der Waals surface area contributed by atoms with E-state index in [1.165, 1.54) is 49.7 Å². The number of amides is 2. The number of nitrogens with one attached hydrogen (secondary N) is 1. The molecule has 1 aliphatic rings. The number of carbonyl (C=O) groups is 2. The van der Waals surface area contributed by atoms with Gasteiger partial charge in [-0.1, -0.05) is 6.92 Å². The summed E-state index contributed by atoms with van der Waals surface area (Å²) in [6.07, 6.45) is 2.69. The summed E-state index contributed by atoms with van der Waals surface area (Å²) < 4.78 is 25.4. The Hall–Kier alpha value is -2.23. The van der Waals surface area contributed by atoms with Crippen molar-refractivity contribution < 1.29 is 18.0 Å². The summed E-state index contributed by atoms with van der Waals surface area (Å²) in [7, 11) is -0.671. The summed E-state index contributed by atoms with van der Waals surface area (Å²) in [5.74, 6) is -0.493. The molecule has 3 rings (SSSR count). The second kappa shape index (κ2) is 7.65. The zero-order valence-corrected chi connectivity index (χ0v) is 17.6. The number of aryl methyl sites for hydroxylation is 1. The van der Waals surface area contributed by atoms with Gasteiger partial charge in [0, 0.05) is 24.5 Å². The molecule has 0 saturated heterocycles. The van der Waals surface area contributed by atoms with Crippen LogP contribution in [0.2, 0.25) is 0 Å². The summed E-state index contributed by atoms with van der Waals surface area (Å²) in [6, 6.07) is 5.68. The molecule has 0 fully saturated rings. The van der Waals surface area contributed by atoms with Crippen molar-refractivity contribution in [2.75, 3.05) is 19.4 Å². The van der Waals surface area contributed by atoms with Crippen molar-refractivity contribution in [2.45, 2.75) is 31.1 Å². The molecule has 1 aromatic heterocycles. The van der Waals surface area contributed by atoms with Gasteiger partial charge in [-0.15, -0.1) is 11.3 Å². The van der Waals surface area contributed by atoms with Crippen LogP contribution in [-0.2, 0) is 22.9 Å². The first-order chi connectivity index (χ1) is 13.1. The molecule has 0 radical (unpaired) electrons. The lowest BCUT2D eigenvalue weighted by Gasteiger charge is -2.18. The molecule has 2 aromatic rings. The van der Waals surface area contributed by atoms with E-state index in [0.29, 0.717) is 22.0 Å². The van der Waals surface area contributed by atoms with Crippen LogP contribution in [0.4, 0.5) is 5.00 Å². The van der Waals surface area contributed by atoms with Crippen molar-refractivity contribution in [3.05, 3.63) is 45.8 Å². The van der Waals surface area contributed by atoms with Crippen LogP contribution in [-0.4, -0.2) is 38.6 Å². The van der Waals surface area contributed by atoms with Gasteiger partial charge in [0.15, 0.2) is 0 Å². The number of anilines is 1. The molecule has 1 heterocycles. The van der Waals surface area contributed by atoms with Crippen LogP contribution in [0.5, 0.6) is 0 Å². The molecule has 0 spiro atoms. The highest BCUT2D eigenvalue weighted by atomic mass is 32.2. The number of nitrogens with zero attached hydrogens (tertiary/aromatic N) is 1. The number of benzene rings is 1. The summed E-state index contributed by atoms with van der Waals surface area (Å²) in [4.78, 5) is 25.8. The van der Waals surface area contributed by atoms with E-state index in [2.05, 4.69) is 12.2 Å². The predicted molar refractivity (Wildman–Crippen MR) is 109 cm³/mol. The van der Waals surface area contributed by atoms with Crippen LogP contribution in [0, 0.1) is 5.92 Å². The molecule has 150 valence electrons. The Morgan fingerprint density at radius 3 is 2.43 bits per heavy atom. The molecular weight excluding hydrogens is 398 g/mol. The summed E-state index contributed by atoms with van der Waals surface area (Å²) in [5.41, 5.74) is 7.22. The highest BCUT2D eigenvalue weighted by molar-refractivity contribution is 7.89. The first kappa shape index (κ1) is 20.5. The molecule has 0 unspecified atom stereocenters. The van der Waals surface area contributed by atoms with Gasteiger partial charge in [0.2, 0.25) is 10.0 Å². The van der Waals surface area contributed by atoms with E-state index in [0.717, 1.165) is 34.0 Å². The van der Waals surface area contributed by atoms with E-state index in [4.69, 9.17) is 5.73 Å². The highest BCUT2D eigenvalue weighted by Crippen LogP contribution is 2.39. The van der Waals surface area contributed by atoms with Crippen LogP contribution >= 0.6 is 11.3 Å². The SMILES string of the molecule is C[C@@H]1CCc2sc(NC(=O)c3ccc(S(=O)(=O)N(C)C)cc3)c(C(N)=O)c2C1. The van der Waals surface area contributed by atoms with Gasteiger partial charge in [0.05, 0.1) is 10.5 Å². The number of sulfonamides is 1. The van der Waals surface area contributed by atoms with Crippen LogP contribution in [0.25, 0.3) is 0 Å². The van der Waals surface area contributed by atoms with E-state index < -0.39 is 21.8 Å². The summed E-state index contributed by atoms with van der Waals surface area (Å²) in [6.45, 7) is 2.13.